The van der Waals surface area contributed by atoms with E-state index in [4.69, 9.17) is 21.8 Å². The Morgan fingerprint density at radius 1 is 1.48 bits per heavy atom. The van der Waals surface area contributed by atoms with E-state index in [1.54, 1.807) is 26.1 Å². The number of alkyl halides is 2. The van der Waals surface area contributed by atoms with Crippen molar-refractivity contribution < 1.29 is 18.4 Å². The molecule has 7 nitrogen and oxygen atoms in total. The van der Waals surface area contributed by atoms with Gasteiger partial charge in [0.05, 0.1) is 17.1 Å². The van der Waals surface area contributed by atoms with Crippen LogP contribution in [0.5, 0.6) is 0 Å². The Morgan fingerprint density at radius 3 is 2.74 bits per heavy atom. The molecule has 1 aromatic rings. The molecule has 10 heteroatoms. The molecule has 3 N–H and O–H groups in total. The maximum absolute atomic E-state index is 12.9. The number of nitrogens with zero attached hydrogens (tertiary/aromatic N) is 2. The SMILES string of the molecule is CN/C=C(\C(=N)C(F)F)C(=O)NC/C(=N/OC(C)C)c1ncc(C#CC2CC2)cc1Cl. The highest BCUT2D eigenvalue weighted by molar-refractivity contribution is 6.34. The van der Waals surface area contributed by atoms with Crippen LogP contribution in [0, 0.1) is 23.2 Å². The number of carbonyl (C=O) groups is 1. The van der Waals surface area contributed by atoms with Crippen LogP contribution in [0.4, 0.5) is 8.78 Å². The number of nitrogens with one attached hydrogen (secondary N) is 3. The van der Waals surface area contributed by atoms with Gasteiger partial charge >= 0.3 is 0 Å². The molecule has 2 rings (SSSR count). The third-order valence-corrected chi connectivity index (χ3v) is 4.23. The fourth-order valence-corrected chi connectivity index (χ4v) is 2.52. The minimum absolute atomic E-state index is 0.195. The summed E-state index contributed by atoms with van der Waals surface area (Å²) in [6, 6.07) is 1.64. The average molecular weight is 452 g/mol. The standard InChI is InChI=1S/C21H24ClF2N5O2/c1-12(2)31-29-17(11-28-21(30)15(10-26-3)18(25)20(23)24)19-16(22)8-14(9-27-19)7-6-13-4-5-13/h8-10,12-13,20,25-26H,4-5,11H2,1-3H3,(H,28,30)/b15-10+,25-18?,29-17-. The molecule has 1 amide bonds. The number of hydrogen-bond donors (Lipinski definition) is 3. The predicted molar refractivity (Wildman–Crippen MR) is 115 cm³/mol. The molecule has 0 aliphatic heterocycles. The first-order chi connectivity index (χ1) is 14.7. The van der Waals surface area contributed by atoms with Crippen molar-refractivity contribution in [1.82, 2.24) is 15.6 Å². The van der Waals surface area contributed by atoms with E-state index in [-0.39, 0.29) is 29.1 Å². The lowest BCUT2D eigenvalue weighted by Crippen LogP contribution is -2.35. The van der Waals surface area contributed by atoms with E-state index in [0.717, 1.165) is 19.0 Å². The van der Waals surface area contributed by atoms with Gasteiger partial charge in [0.2, 0.25) is 0 Å². The number of rotatable bonds is 9. The van der Waals surface area contributed by atoms with Gasteiger partial charge in [0, 0.05) is 30.9 Å². The van der Waals surface area contributed by atoms with Gasteiger partial charge in [-0.05, 0) is 32.8 Å². The molecule has 1 aromatic heterocycles. The summed E-state index contributed by atoms with van der Waals surface area (Å²) in [6.07, 6.45) is 1.43. The van der Waals surface area contributed by atoms with Gasteiger partial charge in [-0.15, -0.1) is 0 Å². The van der Waals surface area contributed by atoms with Gasteiger partial charge < -0.3 is 15.5 Å². The number of aromatic nitrogens is 1. The Labute approximate surface area is 184 Å². The van der Waals surface area contributed by atoms with Gasteiger partial charge in [-0.2, -0.15) is 0 Å². The number of pyridine rings is 1. The van der Waals surface area contributed by atoms with E-state index in [9.17, 15) is 13.6 Å². The third-order valence-electron chi connectivity index (χ3n) is 3.94. The highest BCUT2D eigenvalue weighted by Crippen LogP contribution is 2.27. The molecule has 0 spiro atoms. The van der Waals surface area contributed by atoms with E-state index in [1.807, 2.05) is 0 Å². The first-order valence-corrected chi connectivity index (χ1v) is 10.0. The van der Waals surface area contributed by atoms with E-state index in [2.05, 4.69) is 32.6 Å². The Bertz CT molecular complexity index is 947. The average Bonchev–Trinajstić information content (AvgIpc) is 3.54. The van der Waals surface area contributed by atoms with Crippen LogP contribution in [0.1, 0.15) is 37.9 Å². The van der Waals surface area contributed by atoms with Crippen LogP contribution in [0.2, 0.25) is 5.02 Å². The molecule has 0 atom stereocenters. The molecule has 31 heavy (non-hydrogen) atoms. The minimum atomic E-state index is -3.09. The van der Waals surface area contributed by atoms with E-state index < -0.39 is 23.6 Å². The predicted octanol–water partition coefficient (Wildman–Crippen LogP) is 3.13. The zero-order valence-electron chi connectivity index (χ0n) is 17.4. The Kier molecular flexibility index (Phi) is 8.94. The number of oxime groups is 1. The van der Waals surface area contributed by atoms with Gasteiger partial charge in [-0.3, -0.25) is 15.2 Å². The molecular formula is C21H24ClF2N5O2. The normalized spacial score (nSPS) is 14.2. The van der Waals surface area contributed by atoms with Crippen molar-refractivity contribution in [3.63, 3.8) is 0 Å². The number of carbonyl (C=O) groups excluding carboxylic acids is 1. The van der Waals surface area contributed by atoms with Crippen LogP contribution in [0.3, 0.4) is 0 Å². The molecule has 1 aliphatic carbocycles. The summed E-state index contributed by atoms with van der Waals surface area (Å²) >= 11 is 6.36. The van der Waals surface area contributed by atoms with Crippen LogP contribution in [0.25, 0.3) is 0 Å². The van der Waals surface area contributed by atoms with Crippen LogP contribution >= 0.6 is 11.6 Å². The van der Waals surface area contributed by atoms with E-state index in [1.165, 1.54) is 7.05 Å². The van der Waals surface area contributed by atoms with Crippen molar-refractivity contribution in [1.29, 1.82) is 5.41 Å². The molecule has 1 aliphatic rings. The molecule has 0 unspecified atom stereocenters. The lowest BCUT2D eigenvalue weighted by atomic mass is 10.1. The minimum Gasteiger partial charge on any atom is -0.393 e. The molecule has 0 bridgehead atoms. The lowest BCUT2D eigenvalue weighted by molar-refractivity contribution is -0.116. The van der Waals surface area contributed by atoms with Crippen molar-refractivity contribution in [2.45, 2.75) is 39.2 Å². The molecule has 0 radical (unpaired) electrons. The third kappa shape index (κ3) is 7.64. The van der Waals surface area contributed by atoms with Crippen molar-refractivity contribution >= 4 is 28.9 Å². The van der Waals surface area contributed by atoms with Crippen LogP contribution in [-0.4, -0.2) is 48.4 Å². The summed E-state index contributed by atoms with van der Waals surface area (Å²) in [6.45, 7) is 3.33. The van der Waals surface area contributed by atoms with Gasteiger partial charge in [-0.25, -0.2) is 8.78 Å². The van der Waals surface area contributed by atoms with Crippen LogP contribution < -0.4 is 10.6 Å². The first-order valence-electron chi connectivity index (χ1n) is 9.65. The highest BCUT2D eigenvalue weighted by atomic mass is 35.5. The molecule has 166 valence electrons. The molecule has 1 fully saturated rings. The molecule has 1 heterocycles. The summed E-state index contributed by atoms with van der Waals surface area (Å²) < 4.78 is 25.8. The van der Waals surface area contributed by atoms with Crippen molar-refractivity contribution in [3.05, 3.63) is 40.3 Å². The molecule has 0 aromatic carbocycles. The molecular weight excluding hydrogens is 428 g/mol. The maximum atomic E-state index is 12.9. The topological polar surface area (TPSA) is 99.5 Å². The van der Waals surface area contributed by atoms with Crippen molar-refractivity contribution in [2.75, 3.05) is 13.6 Å². The number of hydrogen-bond acceptors (Lipinski definition) is 6. The van der Waals surface area contributed by atoms with E-state index >= 15 is 0 Å². The molecule has 0 saturated heterocycles. The zero-order valence-corrected chi connectivity index (χ0v) is 18.2. The fraction of sp³-hybridized carbons (Fsp3) is 0.429. The summed E-state index contributed by atoms with van der Waals surface area (Å²) in [5.74, 6) is 5.69. The highest BCUT2D eigenvalue weighted by Gasteiger charge is 2.23. The fourth-order valence-electron chi connectivity index (χ4n) is 2.25. The summed E-state index contributed by atoms with van der Waals surface area (Å²) in [5, 5.41) is 16.6. The Hall–Kier alpha value is -2.99. The number of amides is 1. The molecule has 1 saturated carbocycles. The van der Waals surface area contributed by atoms with E-state index in [0.29, 0.717) is 11.5 Å². The second-order valence-electron chi connectivity index (χ2n) is 7.03. The van der Waals surface area contributed by atoms with Crippen molar-refractivity contribution in [3.8, 4) is 11.8 Å². The van der Waals surface area contributed by atoms with Crippen LogP contribution in [0.15, 0.2) is 29.2 Å². The smallest absolute Gasteiger partial charge is 0.280 e. The summed E-state index contributed by atoms with van der Waals surface area (Å²) in [7, 11) is 1.44. The Balaban J connectivity index is 2.22. The maximum Gasteiger partial charge on any atom is 0.280 e. The zero-order chi connectivity index (χ0) is 23.0. The largest absolute Gasteiger partial charge is 0.393 e. The second-order valence-corrected chi connectivity index (χ2v) is 7.44. The monoisotopic (exact) mass is 451 g/mol. The van der Waals surface area contributed by atoms with Gasteiger partial charge in [0.15, 0.2) is 0 Å². The number of halogens is 3. The quantitative estimate of drug-likeness (QED) is 0.232. The summed E-state index contributed by atoms with van der Waals surface area (Å²) in [5.41, 5.74) is -0.479. The Morgan fingerprint density at radius 2 is 2.19 bits per heavy atom. The summed E-state index contributed by atoms with van der Waals surface area (Å²) in [4.78, 5) is 22.0. The van der Waals surface area contributed by atoms with Crippen LogP contribution in [-0.2, 0) is 9.63 Å². The lowest BCUT2D eigenvalue weighted by Gasteiger charge is -2.13. The first kappa shape index (κ1) is 24.3. The van der Waals surface area contributed by atoms with Gasteiger partial charge in [0.25, 0.3) is 12.3 Å². The van der Waals surface area contributed by atoms with Gasteiger partial charge in [-0.1, -0.05) is 28.6 Å². The van der Waals surface area contributed by atoms with Gasteiger partial charge in [0.1, 0.15) is 23.2 Å². The van der Waals surface area contributed by atoms with Crippen molar-refractivity contribution in [2.24, 2.45) is 11.1 Å². The second kappa shape index (κ2) is 11.4.